The number of nitrogens with zero attached hydrogens (tertiary/aromatic N) is 4. The van der Waals surface area contributed by atoms with Crippen LogP contribution in [0.5, 0.6) is 0 Å². The van der Waals surface area contributed by atoms with Gasteiger partial charge in [-0.05, 0) is 36.4 Å². The molecule has 0 aliphatic rings. The molecular formula is C39H22N4OS. The number of hydrogen-bond donors (Lipinski definition) is 0. The Bertz CT molecular complexity index is 2700. The molecule has 5 nitrogen and oxygen atoms in total. The highest BCUT2D eigenvalue weighted by molar-refractivity contribution is 7.26. The Labute approximate surface area is 260 Å². The van der Waals surface area contributed by atoms with Crippen molar-refractivity contribution in [2.24, 2.45) is 0 Å². The van der Waals surface area contributed by atoms with E-state index in [-0.39, 0.29) is 0 Å². The molecule has 6 heteroatoms. The minimum Gasteiger partial charge on any atom is -0.456 e. The molecule has 0 fully saturated rings. The summed E-state index contributed by atoms with van der Waals surface area (Å²) in [5, 5.41) is 7.13. The summed E-state index contributed by atoms with van der Waals surface area (Å²) < 4.78 is 10.9. The summed E-state index contributed by atoms with van der Waals surface area (Å²) in [4.78, 5) is 15.1. The Morgan fingerprint density at radius 3 is 1.91 bits per heavy atom. The second-order valence-electron chi connectivity index (χ2n) is 11.2. The zero-order chi connectivity index (χ0) is 29.5. The van der Waals surface area contributed by atoms with Crippen molar-refractivity contribution in [1.29, 1.82) is 0 Å². The number of rotatable bonds is 3. The molecule has 0 radical (unpaired) electrons. The second-order valence-corrected chi connectivity index (χ2v) is 12.3. The molecule has 0 atom stereocenters. The summed E-state index contributed by atoms with van der Waals surface area (Å²) >= 11 is 1.81. The summed E-state index contributed by atoms with van der Waals surface area (Å²) in [6, 6.07) is 46.0. The number of furan rings is 1. The molecule has 4 aromatic heterocycles. The quantitative estimate of drug-likeness (QED) is 0.204. The number of hydrogen-bond acceptors (Lipinski definition) is 5. The van der Waals surface area contributed by atoms with Gasteiger partial charge in [-0.1, -0.05) is 97.1 Å². The van der Waals surface area contributed by atoms with Crippen molar-refractivity contribution in [1.82, 2.24) is 19.5 Å². The lowest BCUT2D eigenvalue weighted by Crippen LogP contribution is -2.06. The van der Waals surface area contributed by atoms with Crippen LogP contribution >= 0.6 is 11.3 Å². The maximum Gasteiger partial charge on any atom is 0.238 e. The highest BCUT2D eigenvalue weighted by atomic mass is 32.1. The Balaban J connectivity index is 1.30. The van der Waals surface area contributed by atoms with Gasteiger partial charge in [0.1, 0.15) is 11.2 Å². The van der Waals surface area contributed by atoms with E-state index in [0.717, 1.165) is 49.5 Å². The van der Waals surface area contributed by atoms with Crippen molar-refractivity contribution in [3.63, 3.8) is 0 Å². The molecule has 10 aromatic rings. The fourth-order valence-electron chi connectivity index (χ4n) is 6.62. The molecule has 0 saturated heterocycles. The fourth-order valence-corrected chi connectivity index (χ4v) is 7.89. The molecule has 6 aromatic carbocycles. The van der Waals surface area contributed by atoms with Crippen molar-refractivity contribution in [2.45, 2.75) is 0 Å². The number of benzene rings is 6. The van der Waals surface area contributed by atoms with Gasteiger partial charge in [0, 0.05) is 52.8 Å². The first-order valence-corrected chi connectivity index (χ1v) is 15.7. The first kappa shape index (κ1) is 24.6. The smallest absolute Gasteiger partial charge is 0.238 e. The number of para-hydroxylation sites is 2. The van der Waals surface area contributed by atoms with Gasteiger partial charge >= 0.3 is 0 Å². The van der Waals surface area contributed by atoms with Gasteiger partial charge in [-0.2, -0.15) is 9.97 Å². The third kappa shape index (κ3) is 3.63. The molecule has 0 N–H and O–H groups in total. The lowest BCUT2D eigenvalue weighted by atomic mass is 10.1. The van der Waals surface area contributed by atoms with Gasteiger partial charge in [-0.15, -0.1) is 11.3 Å². The Morgan fingerprint density at radius 1 is 0.489 bits per heavy atom. The van der Waals surface area contributed by atoms with Crippen molar-refractivity contribution < 1.29 is 4.42 Å². The highest BCUT2D eigenvalue weighted by Crippen LogP contribution is 2.45. The van der Waals surface area contributed by atoms with E-state index in [2.05, 4.69) is 65.2 Å². The number of thiophene rings is 1. The predicted octanol–water partition coefficient (Wildman–Crippen LogP) is 10.6. The molecule has 0 saturated carbocycles. The van der Waals surface area contributed by atoms with E-state index in [1.54, 1.807) is 0 Å². The van der Waals surface area contributed by atoms with Crippen LogP contribution in [0.15, 0.2) is 138 Å². The van der Waals surface area contributed by atoms with Gasteiger partial charge in [0.25, 0.3) is 0 Å². The van der Waals surface area contributed by atoms with Crippen LogP contribution in [-0.2, 0) is 0 Å². The average molecular weight is 595 g/mol. The molecule has 0 bridgehead atoms. The van der Waals surface area contributed by atoms with Crippen LogP contribution in [0.1, 0.15) is 0 Å². The zero-order valence-corrected chi connectivity index (χ0v) is 24.6. The van der Waals surface area contributed by atoms with Crippen molar-refractivity contribution in [3.05, 3.63) is 133 Å². The van der Waals surface area contributed by atoms with E-state index in [1.165, 1.54) is 25.6 Å². The molecule has 0 unspecified atom stereocenters. The third-order valence-corrected chi connectivity index (χ3v) is 9.85. The first-order chi connectivity index (χ1) is 22.3. The summed E-state index contributed by atoms with van der Waals surface area (Å²) in [5.74, 6) is 1.88. The second kappa shape index (κ2) is 9.32. The standard InChI is InChI=1S/C39H22N4OS/c1-3-11-23(12-4-1)37-40-38(24-13-5-2-6-14-24)42-39(41-37)43-30-17-9-7-15-25(30)28-21-29-26-19-20-33-35(27-16-8-10-18-32(27)44-33)36(26)45-34(29)22-31(28)43/h1-22H. The monoisotopic (exact) mass is 594 g/mol. The van der Waals surface area contributed by atoms with Gasteiger partial charge in [-0.3, -0.25) is 4.57 Å². The van der Waals surface area contributed by atoms with Crippen LogP contribution in [0.2, 0.25) is 0 Å². The lowest BCUT2D eigenvalue weighted by Gasteiger charge is -2.10. The van der Waals surface area contributed by atoms with E-state index in [9.17, 15) is 0 Å². The van der Waals surface area contributed by atoms with Crippen molar-refractivity contribution in [3.8, 4) is 28.7 Å². The lowest BCUT2D eigenvalue weighted by molar-refractivity contribution is 0.669. The van der Waals surface area contributed by atoms with E-state index >= 15 is 0 Å². The van der Waals surface area contributed by atoms with Crippen molar-refractivity contribution in [2.75, 3.05) is 0 Å². The topological polar surface area (TPSA) is 56.7 Å². The van der Waals surface area contributed by atoms with Crippen LogP contribution in [0.3, 0.4) is 0 Å². The van der Waals surface area contributed by atoms with E-state index in [4.69, 9.17) is 19.4 Å². The molecule has 4 heterocycles. The predicted molar refractivity (Wildman–Crippen MR) is 185 cm³/mol. The van der Waals surface area contributed by atoms with E-state index < -0.39 is 0 Å². The van der Waals surface area contributed by atoms with Crippen LogP contribution in [0, 0.1) is 0 Å². The van der Waals surface area contributed by atoms with Crippen LogP contribution < -0.4 is 0 Å². The largest absolute Gasteiger partial charge is 0.456 e. The van der Waals surface area contributed by atoms with E-state index in [0.29, 0.717) is 17.6 Å². The molecule has 0 spiro atoms. The molecule has 0 aliphatic heterocycles. The average Bonchev–Trinajstić information content (AvgIpc) is 3.76. The van der Waals surface area contributed by atoms with Gasteiger partial charge in [-0.25, -0.2) is 4.98 Å². The molecule has 0 aliphatic carbocycles. The Kier molecular flexibility index (Phi) is 5.09. The maximum atomic E-state index is 6.23. The van der Waals surface area contributed by atoms with Gasteiger partial charge < -0.3 is 4.42 Å². The Morgan fingerprint density at radius 2 is 1.16 bits per heavy atom. The summed E-state index contributed by atoms with van der Waals surface area (Å²) in [6.45, 7) is 0. The normalized spacial score (nSPS) is 12.0. The molecule has 0 amide bonds. The minimum absolute atomic E-state index is 0.595. The maximum absolute atomic E-state index is 6.23. The SMILES string of the molecule is c1ccc(-c2nc(-c3ccccc3)nc(-n3c4ccccc4c4cc5c(cc43)sc3c5ccc4oc5ccccc5c43)n2)cc1. The first-order valence-electron chi connectivity index (χ1n) is 14.9. The summed E-state index contributed by atoms with van der Waals surface area (Å²) in [6.07, 6.45) is 0. The highest BCUT2D eigenvalue weighted by Gasteiger charge is 2.20. The third-order valence-electron chi connectivity index (χ3n) is 8.66. The zero-order valence-electron chi connectivity index (χ0n) is 23.8. The Hall–Kier alpha value is -5.85. The summed E-state index contributed by atoms with van der Waals surface area (Å²) in [5.41, 5.74) is 5.85. The molecule has 45 heavy (non-hydrogen) atoms. The fraction of sp³-hybridized carbons (Fsp3) is 0. The summed E-state index contributed by atoms with van der Waals surface area (Å²) in [7, 11) is 0. The van der Waals surface area contributed by atoms with Crippen LogP contribution in [-0.4, -0.2) is 19.5 Å². The van der Waals surface area contributed by atoms with Crippen LogP contribution in [0.4, 0.5) is 0 Å². The minimum atomic E-state index is 0.595. The van der Waals surface area contributed by atoms with Gasteiger partial charge in [0.15, 0.2) is 11.6 Å². The number of fused-ring (bicyclic) bond motifs is 10. The van der Waals surface area contributed by atoms with E-state index in [1.807, 2.05) is 84.1 Å². The van der Waals surface area contributed by atoms with Crippen LogP contribution in [0.25, 0.3) is 92.6 Å². The molecular weight excluding hydrogens is 573 g/mol. The van der Waals surface area contributed by atoms with Crippen molar-refractivity contribution >= 4 is 75.3 Å². The van der Waals surface area contributed by atoms with Gasteiger partial charge in [0.2, 0.25) is 5.95 Å². The van der Waals surface area contributed by atoms with Gasteiger partial charge in [0.05, 0.1) is 11.0 Å². The molecule has 210 valence electrons. The molecule has 10 rings (SSSR count). The number of aromatic nitrogens is 4.